The first-order valence-electron chi connectivity index (χ1n) is 7.32. The summed E-state index contributed by atoms with van der Waals surface area (Å²) < 4.78 is 5.03. The van der Waals surface area contributed by atoms with Gasteiger partial charge in [-0.2, -0.15) is 0 Å². The fourth-order valence-corrected chi connectivity index (χ4v) is 2.42. The Hall–Kier alpha value is -2.27. The molecule has 0 spiro atoms. The van der Waals surface area contributed by atoms with Gasteiger partial charge in [0.05, 0.1) is 5.56 Å². The summed E-state index contributed by atoms with van der Waals surface area (Å²) in [5.74, 6) is -0.859. The van der Waals surface area contributed by atoms with Crippen molar-refractivity contribution in [2.45, 2.75) is 18.2 Å². The minimum absolute atomic E-state index is 0.306. The minimum atomic E-state index is -0.505. The average molecular weight is 329 g/mol. The van der Waals surface area contributed by atoms with Crippen molar-refractivity contribution in [1.82, 2.24) is 0 Å². The first kappa shape index (κ1) is 17.1. The molecule has 2 aromatic rings. The molecule has 0 aromatic heterocycles. The molecule has 0 radical (unpaired) electrons. The second-order valence-electron chi connectivity index (χ2n) is 4.91. The minimum Gasteiger partial charge on any atom is -0.452 e. The van der Waals surface area contributed by atoms with Crippen LogP contribution in [-0.4, -0.2) is 24.7 Å². The summed E-state index contributed by atoms with van der Waals surface area (Å²) in [5.41, 5.74) is 2.27. The van der Waals surface area contributed by atoms with E-state index in [1.807, 2.05) is 43.5 Å². The summed E-state index contributed by atoms with van der Waals surface area (Å²) in [5, 5.41) is 2.72. The Bertz CT molecular complexity index is 683. The van der Waals surface area contributed by atoms with E-state index < -0.39 is 5.97 Å². The molecule has 0 aliphatic rings. The van der Waals surface area contributed by atoms with Crippen molar-refractivity contribution < 1.29 is 14.3 Å². The monoisotopic (exact) mass is 329 g/mol. The Balaban J connectivity index is 1.86. The summed E-state index contributed by atoms with van der Waals surface area (Å²) >= 11 is 1.60. The maximum Gasteiger partial charge on any atom is 0.338 e. The number of thioether (sulfide) groups is 1. The van der Waals surface area contributed by atoms with Gasteiger partial charge in [-0.05, 0) is 54.6 Å². The summed E-state index contributed by atoms with van der Waals surface area (Å²) in [6.07, 6.45) is 2.86. The van der Waals surface area contributed by atoms with Gasteiger partial charge in [-0.15, -0.1) is 11.8 Å². The molecule has 2 rings (SSSR count). The van der Waals surface area contributed by atoms with Gasteiger partial charge in [0, 0.05) is 10.6 Å². The Morgan fingerprint density at radius 3 is 2.52 bits per heavy atom. The van der Waals surface area contributed by atoms with Crippen molar-refractivity contribution >= 4 is 29.3 Å². The van der Waals surface area contributed by atoms with Crippen LogP contribution in [0.4, 0.5) is 5.69 Å². The van der Waals surface area contributed by atoms with Gasteiger partial charge in [0.15, 0.2) is 6.61 Å². The van der Waals surface area contributed by atoms with Crippen molar-refractivity contribution in [3.8, 4) is 0 Å². The van der Waals surface area contributed by atoms with Gasteiger partial charge in [-0.3, -0.25) is 4.79 Å². The van der Waals surface area contributed by atoms with Crippen LogP contribution in [0.25, 0.3) is 0 Å². The smallest absolute Gasteiger partial charge is 0.338 e. The van der Waals surface area contributed by atoms with Crippen molar-refractivity contribution in [3.63, 3.8) is 0 Å². The number of aryl methyl sites for hydroxylation is 1. The highest BCUT2D eigenvalue weighted by atomic mass is 32.2. The SMILES string of the molecule is CCc1cccc(NC(=O)COC(=O)c2ccc(SC)cc2)c1. The van der Waals surface area contributed by atoms with Crippen molar-refractivity contribution in [1.29, 1.82) is 0 Å². The molecule has 2 aromatic carbocycles. The Morgan fingerprint density at radius 1 is 1.13 bits per heavy atom. The highest BCUT2D eigenvalue weighted by molar-refractivity contribution is 7.98. The van der Waals surface area contributed by atoms with Crippen LogP contribution in [0.1, 0.15) is 22.8 Å². The molecule has 0 fully saturated rings. The van der Waals surface area contributed by atoms with Gasteiger partial charge in [-0.1, -0.05) is 19.1 Å². The third-order valence-electron chi connectivity index (χ3n) is 3.28. The standard InChI is InChI=1S/C18H19NO3S/c1-3-13-5-4-6-15(11-13)19-17(20)12-22-18(21)14-7-9-16(23-2)10-8-14/h4-11H,3,12H2,1-2H3,(H,19,20). The molecule has 0 unspecified atom stereocenters. The fraction of sp³-hybridized carbons (Fsp3) is 0.222. The number of ether oxygens (including phenoxy) is 1. The third kappa shape index (κ3) is 5.14. The van der Waals surface area contributed by atoms with Crippen molar-refractivity contribution in [3.05, 3.63) is 59.7 Å². The number of rotatable bonds is 6. The number of hydrogen-bond acceptors (Lipinski definition) is 4. The van der Waals surface area contributed by atoms with Gasteiger partial charge in [-0.25, -0.2) is 4.79 Å². The molecule has 0 saturated carbocycles. The molecule has 1 N–H and O–H groups in total. The largest absolute Gasteiger partial charge is 0.452 e. The number of nitrogens with one attached hydrogen (secondary N) is 1. The van der Waals surface area contributed by atoms with Crippen LogP contribution in [0.3, 0.4) is 0 Å². The first-order valence-corrected chi connectivity index (χ1v) is 8.55. The molecule has 0 aliphatic carbocycles. The molecule has 0 atom stereocenters. The Kier molecular flexibility index (Phi) is 6.23. The number of carbonyl (C=O) groups is 2. The molecule has 23 heavy (non-hydrogen) atoms. The summed E-state index contributed by atoms with van der Waals surface area (Å²) in [6.45, 7) is 1.74. The summed E-state index contributed by atoms with van der Waals surface area (Å²) in [6, 6.07) is 14.7. The summed E-state index contributed by atoms with van der Waals surface area (Å²) in [4.78, 5) is 24.8. The average Bonchev–Trinajstić information content (AvgIpc) is 2.60. The van der Waals surface area contributed by atoms with E-state index in [4.69, 9.17) is 4.74 Å². The zero-order valence-corrected chi connectivity index (χ0v) is 14.0. The molecule has 0 heterocycles. The van der Waals surface area contributed by atoms with Crippen LogP contribution in [0.15, 0.2) is 53.4 Å². The number of carbonyl (C=O) groups excluding carboxylic acids is 2. The molecular formula is C18H19NO3S. The lowest BCUT2D eigenvalue weighted by Gasteiger charge is -2.08. The number of amides is 1. The third-order valence-corrected chi connectivity index (χ3v) is 4.02. The molecule has 5 heteroatoms. The molecule has 1 amide bonds. The second kappa shape index (κ2) is 8.39. The van der Waals surface area contributed by atoms with E-state index in [-0.39, 0.29) is 12.5 Å². The number of anilines is 1. The number of esters is 1. The molecule has 120 valence electrons. The van der Waals surface area contributed by atoms with Crippen LogP contribution in [0.2, 0.25) is 0 Å². The quantitative estimate of drug-likeness (QED) is 0.647. The van der Waals surface area contributed by atoms with E-state index in [0.717, 1.165) is 16.9 Å². The van der Waals surface area contributed by atoms with E-state index in [0.29, 0.717) is 11.3 Å². The lowest BCUT2D eigenvalue weighted by molar-refractivity contribution is -0.119. The molecular weight excluding hydrogens is 310 g/mol. The lowest BCUT2D eigenvalue weighted by atomic mass is 10.1. The summed E-state index contributed by atoms with van der Waals surface area (Å²) in [7, 11) is 0. The highest BCUT2D eigenvalue weighted by Gasteiger charge is 2.10. The predicted octanol–water partition coefficient (Wildman–Crippen LogP) is 3.77. The van der Waals surface area contributed by atoms with Crippen LogP contribution in [-0.2, 0) is 16.0 Å². The Labute approximate surface area is 140 Å². The van der Waals surface area contributed by atoms with Crippen molar-refractivity contribution in [2.75, 3.05) is 18.2 Å². The molecule has 0 aliphatic heterocycles. The molecule has 4 nitrogen and oxygen atoms in total. The zero-order chi connectivity index (χ0) is 16.7. The van der Waals surface area contributed by atoms with Gasteiger partial charge in [0.25, 0.3) is 5.91 Å². The second-order valence-corrected chi connectivity index (χ2v) is 5.79. The van der Waals surface area contributed by atoms with Crippen LogP contribution < -0.4 is 5.32 Å². The fourth-order valence-electron chi connectivity index (χ4n) is 2.01. The maximum absolute atomic E-state index is 11.9. The van der Waals surface area contributed by atoms with Crippen molar-refractivity contribution in [2.24, 2.45) is 0 Å². The molecule has 0 saturated heterocycles. The van der Waals surface area contributed by atoms with E-state index in [2.05, 4.69) is 5.32 Å². The van der Waals surface area contributed by atoms with E-state index in [1.165, 1.54) is 0 Å². The van der Waals surface area contributed by atoms with Crippen LogP contribution in [0, 0.1) is 0 Å². The normalized spacial score (nSPS) is 10.2. The Morgan fingerprint density at radius 2 is 1.87 bits per heavy atom. The van der Waals surface area contributed by atoms with Gasteiger partial charge < -0.3 is 10.1 Å². The lowest BCUT2D eigenvalue weighted by Crippen LogP contribution is -2.21. The first-order chi connectivity index (χ1) is 11.1. The zero-order valence-electron chi connectivity index (χ0n) is 13.2. The topological polar surface area (TPSA) is 55.4 Å². The van der Waals surface area contributed by atoms with Gasteiger partial charge in [0.2, 0.25) is 0 Å². The predicted molar refractivity (Wildman–Crippen MR) is 93.0 cm³/mol. The van der Waals surface area contributed by atoms with Gasteiger partial charge >= 0.3 is 5.97 Å². The maximum atomic E-state index is 11.9. The van der Waals surface area contributed by atoms with Gasteiger partial charge in [0.1, 0.15) is 0 Å². The van der Waals surface area contributed by atoms with Crippen LogP contribution >= 0.6 is 11.8 Å². The van der Waals surface area contributed by atoms with E-state index in [9.17, 15) is 9.59 Å². The van der Waals surface area contributed by atoms with Crippen LogP contribution in [0.5, 0.6) is 0 Å². The van der Waals surface area contributed by atoms with E-state index in [1.54, 1.807) is 30.0 Å². The van der Waals surface area contributed by atoms with E-state index >= 15 is 0 Å². The molecule has 0 bridgehead atoms. The highest BCUT2D eigenvalue weighted by Crippen LogP contribution is 2.15. The number of hydrogen-bond donors (Lipinski definition) is 1. The number of benzene rings is 2.